The second-order valence-corrected chi connectivity index (χ2v) is 10.5. The van der Waals surface area contributed by atoms with E-state index in [2.05, 4.69) is 16.0 Å². The Morgan fingerprint density at radius 1 is 0.733 bits per heavy atom. The summed E-state index contributed by atoms with van der Waals surface area (Å²) in [6.45, 7) is 7.70. The van der Waals surface area contributed by atoms with Crippen LogP contribution in [-0.2, 0) is 38.0 Å². The van der Waals surface area contributed by atoms with E-state index in [0.717, 1.165) is 30.8 Å². The summed E-state index contributed by atoms with van der Waals surface area (Å²) in [6, 6.07) is 3.93. The molecule has 4 rings (SSSR count). The first-order chi connectivity index (χ1) is 21.6. The lowest BCUT2D eigenvalue weighted by Crippen LogP contribution is -2.54. The molecule has 0 saturated carbocycles. The van der Waals surface area contributed by atoms with Gasteiger partial charge in [-0.2, -0.15) is 0 Å². The molecule has 2 saturated heterocycles. The van der Waals surface area contributed by atoms with E-state index in [0.29, 0.717) is 91.0 Å². The average Bonchev–Trinajstić information content (AvgIpc) is 3.28. The van der Waals surface area contributed by atoms with Crippen molar-refractivity contribution in [1.82, 2.24) is 15.5 Å². The molecule has 0 aliphatic carbocycles. The number of nitrogens with zero attached hydrogens (tertiary/aromatic N) is 1. The van der Waals surface area contributed by atoms with E-state index in [1.807, 2.05) is 0 Å². The van der Waals surface area contributed by atoms with Gasteiger partial charge >= 0.3 is 0 Å². The van der Waals surface area contributed by atoms with Gasteiger partial charge in [0.1, 0.15) is 6.04 Å². The minimum atomic E-state index is -1.00. The predicted octanol–water partition coefficient (Wildman–Crippen LogP) is 0.773. The highest BCUT2D eigenvalue weighted by Crippen LogP contribution is 2.32. The van der Waals surface area contributed by atoms with Crippen molar-refractivity contribution in [3.8, 4) is 0 Å². The fourth-order valence-corrected chi connectivity index (χ4v) is 5.14. The van der Waals surface area contributed by atoms with E-state index < -0.39 is 29.7 Å². The largest absolute Gasteiger partial charge is 0.382 e. The van der Waals surface area contributed by atoms with Gasteiger partial charge < -0.3 is 39.1 Å². The second-order valence-electron chi connectivity index (χ2n) is 10.5. The van der Waals surface area contributed by atoms with E-state index >= 15 is 0 Å². The number of carbonyl (C=O) groups is 4. The Morgan fingerprint density at radius 2 is 1.31 bits per heavy atom. The Balaban J connectivity index is 0.00000552. The van der Waals surface area contributed by atoms with Crippen molar-refractivity contribution in [3.63, 3.8) is 0 Å². The summed E-state index contributed by atoms with van der Waals surface area (Å²) in [7, 11) is 0. The highest BCUT2D eigenvalue weighted by atomic mass is 35.5. The molecule has 2 fully saturated rings. The number of rotatable bonds is 21. The monoisotopic (exact) mass is 656 g/mol. The van der Waals surface area contributed by atoms with Gasteiger partial charge in [0.2, 0.25) is 11.8 Å². The van der Waals surface area contributed by atoms with Crippen molar-refractivity contribution in [2.45, 2.75) is 37.8 Å². The van der Waals surface area contributed by atoms with Gasteiger partial charge in [0.05, 0.1) is 89.9 Å². The molecule has 1 aromatic carbocycles. The number of nitrogens with one attached hydrogen (secondary N) is 3. The number of amides is 4. The Hall–Kier alpha value is -2.69. The third-order valence-electron chi connectivity index (χ3n) is 7.39. The molecule has 1 aromatic rings. The van der Waals surface area contributed by atoms with Crippen molar-refractivity contribution >= 4 is 41.7 Å². The molecule has 3 N–H and O–H groups in total. The minimum absolute atomic E-state index is 0. The predicted molar refractivity (Wildman–Crippen MR) is 165 cm³/mol. The van der Waals surface area contributed by atoms with E-state index in [-0.39, 0.29) is 36.4 Å². The van der Waals surface area contributed by atoms with Gasteiger partial charge in [0.15, 0.2) is 0 Å². The Bertz CT molecular complexity index is 1100. The number of piperidine rings is 2. The Morgan fingerprint density at radius 3 is 1.91 bits per heavy atom. The average molecular weight is 657 g/mol. The zero-order valence-corrected chi connectivity index (χ0v) is 26.4. The fraction of sp³-hybridized carbons (Fsp3) is 0.667. The molecule has 3 heterocycles. The molecule has 252 valence electrons. The Kier molecular flexibility index (Phi) is 16.7. The SMILES string of the molecule is Cl.O=C1CCC(N2C(=O)c3cccc(NCCOCCOCCOCCOCCOCCOC4CCNCC4)c3C2=O)C(=O)N1. The maximum atomic E-state index is 13.1. The second kappa shape index (κ2) is 20.4. The topological polar surface area (TPSA) is 163 Å². The van der Waals surface area contributed by atoms with Gasteiger partial charge in [-0.15, -0.1) is 12.4 Å². The van der Waals surface area contributed by atoms with E-state index in [4.69, 9.17) is 28.4 Å². The van der Waals surface area contributed by atoms with E-state index in [1.165, 1.54) is 0 Å². The normalized spacial score (nSPS) is 18.6. The number of anilines is 1. The summed E-state index contributed by atoms with van der Waals surface area (Å²) in [5, 5.41) is 8.65. The molecule has 45 heavy (non-hydrogen) atoms. The van der Waals surface area contributed by atoms with Crippen LogP contribution in [0, 0.1) is 0 Å². The quantitative estimate of drug-likeness (QED) is 0.126. The van der Waals surface area contributed by atoms with Crippen LogP contribution in [0.2, 0.25) is 0 Å². The van der Waals surface area contributed by atoms with Crippen LogP contribution >= 0.6 is 12.4 Å². The lowest BCUT2D eigenvalue weighted by Gasteiger charge is -2.27. The summed E-state index contributed by atoms with van der Waals surface area (Å²) in [5.74, 6) is -2.14. The van der Waals surface area contributed by atoms with Gasteiger partial charge in [-0.05, 0) is 44.5 Å². The van der Waals surface area contributed by atoms with Crippen LogP contribution in [0.5, 0.6) is 0 Å². The lowest BCUT2D eigenvalue weighted by atomic mass is 10.0. The van der Waals surface area contributed by atoms with Crippen molar-refractivity contribution in [3.05, 3.63) is 29.3 Å². The first-order valence-electron chi connectivity index (χ1n) is 15.4. The zero-order chi connectivity index (χ0) is 31.0. The van der Waals surface area contributed by atoms with Gasteiger partial charge in [0, 0.05) is 18.7 Å². The molecule has 15 heteroatoms. The molecule has 3 aliphatic rings. The molecule has 0 bridgehead atoms. The first kappa shape index (κ1) is 36.8. The molecule has 14 nitrogen and oxygen atoms in total. The summed E-state index contributed by atoms with van der Waals surface area (Å²) in [6.07, 6.45) is 2.66. The number of halogens is 1. The highest BCUT2D eigenvalue weighted by molar-refractivity contribution is 6.25. The van der Waals surface area contributed by atoms with Crippen LogP contribution in [0.4, 0.5) is 5.69 Å². The lowest BCUT2D eigenvalue weighted by molar-refractivity contribution is -0.136. The molecule has 0 aromatic heterocycles. The number of imide groups is 2. The standard InChI is InChI=1S/C30H44N4O10.ClH/c35-26-5-4-25(28(36)33-26)34-29(37)23-2-1-3-24(27(23)30(34)38)32-10-11-39-12-13-40-14-15-41-16-17-42-18-19-43-20-21-44-22-6-8-31-9-7-22;/h1-3,22,25,31-32H,4-21H2,(H,33,35,36);1H. The van der Waals surface area contributed by atoms with Gasteiger partial charge in [-0.1, -0.05) is 6.07 Å². The zero-order valence-electron chi connectivity index (χ0n) is 25.6. The number of carbonyl (C=O) groups excluding carboxylic acids is 4. The van der Waals surface area contributed by atoms with Crippen LogP contribution in [0.15, 0.2) is 18.2 Å². The summed E-state index contributed by atoms with van der Waals surface area (Å²) in [5.41, 5.74) is 0.936. The third-order valence-corrected chi connectivity index (χ3v) is 7.39. The summed E-state index contributed by atoms with van der Waals surface area (Å²) < 4.78 is 33.4. The van der Waals surface area contributed by atoms with Crippen molar-refractivity contribution in [2.75, 3.05) is 97.6 Å². The van der Waals surface area contributed by atoms with Crippen LogP contribution in [0.25, 0.3) is 0 Å². The molecule has 4 amide bonds. The molecule has 1 unspecified atom stereocenters. The van der Waals surface area contributed by atoms with Crippen LogP contribution in [0.1, 0.15) is 46.4 Å². The number of benzene rings is 1. The fourth-order valence-electron chi connectivity index (χ4n) is 5.14. The molecular weight excluding hydrogens is 612 g/mol. The van der Waals surface area contributed by atoms with Crippen molar-refractivity contribution < 1.29 is 47.6 Å². The van der Waals surface area contributed by atoms with Crippen LogP contribution in [0.3, 0.4) is 0 Å². The maximum Gasteiger partial charge on any atom is 0.264 e. The molecule has 0 radical (unpaired) electrons. The van der Waals surface area contributed by atoms with Crippen molar-refractivity contribution in [2.24, 2.45) is 0 Å². The smallest absolute Gasteiger partial charge is 0.264 e. The minimum Gasteiger partial charge on any atom is -0.382 e. The van der Waals surface area contributed by atoms with Gasteiger partial charge in [0.25, 0.3) is 11.8 Å². The number of ether oxygens (including phenoxy) is 6. The van der Waals surface area contributed by atoms with Gasteiger partial charge in [-0.3, -0.25) is 29.4 Å². The summed E-state index contributed by atoms with van der Waals surface area (Å²) >= 11 is 0. The molecule has 0 spiro atoms. The number of fused-ring (bicyclic) bond motifs is 1. The number of hydrogen-bond acceptors (Lipinski definition) is 12. The maximum absolute atomic E-state index is 13.1. The highest BCUT2D eigenvalue weighted by Gasteiger charge is 2.45. The molecule has 1 atom stereocenters. The third kappa shape index (κ3) is 11.6. The summed E-state index contributed by atoms with van der Waals surface area (Å²) in [4.78, 5) is 50.7. The van der Waals surface area contributed by atoms with E-state index in [1.54, 1.807) is 18.2 Å². The molecular formula is C30H45ClN4O10. The van der Waals surface area contributed by atoms with Crippen LogP contribution < -0.4 is 16.0 Å². The number of hydrogen-bond donors (Lipinski definition) is 3. The van der Waals surface area contributed by atoms with Gasteiger partial charge in [-0.25, -0.2) is 0 Å². The van der Waals surface area contributed by atoms with E-state index in [9.17, 15) is 19.2 Å². The molecule has 3 aliphatic heterocycles. The Labute approximate surface area is 269 Å². The first-order valence-corrected chi connectivity index (χ1v) is 15.4. The van der Waals surface area contributed by atoms with Crippen LogP contribution in [-0.4, -0.2) is 133 Å². The van der Waals surface area contributed by atoms with Crippen molar-refractivity contribution in [1.29, 1.82) is 0 Å².